The molecule has 0 unspecified atom stereocenters. The summed E-state index contributed by atoms with van der Waals surface area (Å²) in [5.74, 6) is 0. The van der Waals surface area contributed by atoms with E-state index in [1.807, 2.05) is 12.4 Å². The summed E-state index contributed by atoms with van der Waals surface area (Å²) < 4.78 is 0. The molecule has 0 atom stereocenters. The molecule has 5 rings (SSSR count). The van der Waals surface area contributed by atoms with Gasteiger partial charge in [0.05, 0.1) is 23.8 Å². The number of para-hydroxylation sites is 2. The van der Waals surface area contributed by atoms with Gasteiger partial charge >= 0.3 is 0 Å². The smallest absolute Gasteiger partial charge is 0.0727 e. The van der Waals surface area contributed by atoms with Gasteiger partial charge in [-0.25, -0.2) is 0 Å². The van der Waals surface area contributed by atoms with Gasteiger partial charge in [0.2, 0.25) is 0 Å². The van der Waals surface area contributed by atoms with E-state index in [-0.39, 0.29) is 0 Å². The zero-order chi connectivity index (χ0) is 21.9. The second-order valence-corrected chi connectivity index (χ2v) is 8.61. The van der Waals surface area contributed by atoms with Crippen molar-refractivity contribution in [2.45, 2.75) is 26.2 Å². The number of aromatic amines is 2. The second kappa shape index (κ2) is 8.94. The lowest BCUT2D eigenvalue weighted by atomic mass is 10.2. The van der Waals surface area contributed by atoms with E-state index in [1.165, 1.54) is 33.2 Å². The first kappa shape index (κ1) is 20.4. The molecule has 0 spiro atoms. The molecule has 2 N–H and O–H groups in total. The molecule has 2 aromatic carbocycles. The summed E-state index contributed by atoms with van der Waals surface area (Å²) in [5.41, 5.74) is 6.72. The van der Waals surface area contributed by atoms with Crippen molar-refractivity contribution in [1.82, 2.24) is 29.7 Å². The van der Waals surface area contributed by atoms with Crippen LogP contribution in [0.5, 0.6) is 0 Å². The summed E-state index contributed by atoms with van der Waals surface area (Å²) in [6.45, 7) is 3.19. The van der Waals surface area contributed by atoms with Gasteiger partial charge in [-0.3, -0.25) is 19.8 Å². The van der Waals surface area contributed by atoms with Crippen LogP contribution in [-0.4, -0.2) is 43.8 Å². The van der Waals surface area contributed by atoms with Crippen molar-refractivity contribution in [3.8, 4) is 0 Å². The van der Waals surface area contributed by atoms with E-state index >= 15 is 0 Å². The number of hydrogen-bond donors (Lipinski definition) is 2. The monoisotopic (exact) mass is 424 g/mol. The fourth-order valence-corrected chi connectivity index (χ4v) is 4.23. The van der Waals surface area contributed by atoms with E-state index in [2.05, 4.69) is 104 Å². The number of nitrogens with zero attached hydrogens (tertiary/aromatic N) is 4. The maximum absolute atomic E-state index is 4.65. The summed E-state index contributed by atoms with van der Waals surface area (Å²) >= 11 is 0. The molecule has 162 valence electrons. The molecule has 0 saturated carbocycles. The minimum Gasteiger partial charge on any atom is -0.357 e. The topological polar surface area (TPSA) is 63.8 Å². The Kier molecular flexibility index (Phi) is 5.71. The minimum absolute atomic E-state index is 0.757. The fraction of sp³-hybridized carbons (Fsp3) is 0.231. The van der Waals surface area contributed by atoms with E-state index in [4.69, 9.17) is 0 Å². The van der Waals surface area contributed by atoms with E-state index < -0.39 is 0 Å². The lowest BCUT2D eigenvalue weighted by Gasteiger charge is -2.17. The average Bonchev–Trinajstić information content (AvgIpc) is 3.37. The van der Waals surface area contributed by atoms with E-state index in [0.717, 1.165) is 37.6 Å². The van der Waals surface area contributed by atoms with Gasteiger partial charge in [-0.05, 0) is 49.1 Å². The van der Waals surface area contributed by atoms with Gasteiger partial charge in [0, 0.05) is 48.6 Å². The molecule has 0 aliphatic carbocycles. The number of H-pyrrole nitrogens is 2. The van der Waals surface area contributed by atoms with Crippen molar-refractivity contribution >= 4 is 21.8 Å². The largest absolute Gasteiger partial charge is 0.357 e. The molecule has 0 saturated heterocycles. The molecular weight excluding hydrogens is 396 g/mol. The van der Waals surface area contributed by atoms with Crippen LogP contribution in [0.1, 0.15) is 22.8 Å². The van der Waals surface area contributed by atoms with Crippen LogP contribution in [0.4, 0.5) is 0 Å². The Bertz CT molecular complexity index is 1150. The van der Waals surface area contributed by atoms with Crippen molar-refractivity contribution in [1.29, 1.82) is 0 Å². The molecule has 0 radical (unpaired) electrons. The van der Waals surface area contributed by atoms with Crippen molar-refractivity contribution in [2.24, 2.45) is 0 Å². The van der Waals surface area contributed by atoms with Crippen molar-refractivity contribution in [3.63, 3.8) is 0 Å². The normalized spacial score (nSPS) is 11.9. The number of rotatable bonds is 8. The Balaban J connectivity index is 1.15. The van der Waals surface area contributed by atoms with Crippen LogP contribution in [0.2, 0.25) is 0 Å². The third-order valence-corrected chi connectivity index (χ3v) is 5.67. The third-order valence-electron chi connectivity index (χ3n) is 5.67. The first-order valence-electron chi connectivity index (χ1n) is 10.9. The zero-order valence-corrected chi connectivity index (χ0v) is 18.5. The first-order valence-corrected chi connectivity index (χ1v) is 10.9. The molecule has 0 aliphatic heterocycles. The molecule has 3 heterocycles. The minimum atomic E-state index is 0.757. The SMILES string of the molecule is CN(Cc1cnc(CN(C)Cc2cc3ccccc3[nH]2)cn1)Cc1cc2ccccc2[nH]1. The molecule has 5 aromatic rings. The Labute approximate surface area is 187 Å². The predicted octanol–water partition coefficient (Wildman–Crippen LogP) is 4.70. The zero-order valence-electron chi connectivity index (χ0n) is 18.5. The Hall–Kier alpha value is -3.48. The number of fused-ring (bicyclic) bond motifs is 2. The Morgan fingerprint density at radius 3 is 1.47 bits per heavy atom. The lowest BCUT2D eigenvalue weighted by Crippen LogP contribution is -2.20. The molecule has 32 heavy (non-hydrogen) atoms. The van der Waals surface area contributed by atoms with Gasteiger partial charge in [-0.2, -0.15) is 0 Å². The highest BCUT2D eigenvalue weighted by atomic mass is 15.1. The second-order valence-electron chi connectivity index (χ2n) is 8.61. The standard InChI is InChI=1S/C26H28N6/c1-31(15-21-11-19-7-3-5-9-25(19)29-21)17-23-13-28-24(14-27-23)18-32(2)16-22-12-20-8-4-6-10-26(20)30-22/h3-14,29-30H,15-18H2,1-2H3. The Morgan fingerprint density at radius 2 is 1.06 bits per heavy atom. The molecule has 0 aliphatic rings. The summed E-state index contributed by atoms with van der Waals surface area (Å²) in [6.07, 6.45) is 3.79. The Morgan fingerprint density at radius 1 is 0.625 bits per heavy atom. The summed E-state index contributed by atoms with van der Waals surface area (Å²) in [4.78, 5) is 20.8. The van der Waals surface area contributed by atoms with Gasteiger partial charge < -0.3 is 9.97 Å². The molecule has 6 nitrogen and oxygen atoms in total. The first-order chi connectivity index (χ1) is 15.6. The highest BCUT2D eigenvalue weighted by Crippen LogP contribution is 2.17. The maximum Gasteiger partial charge on any atom is 0.0727 e. The number of hydrogen-bond acceptors (Lipinski definition) is 4. The van der Waals surface area contributed by atoms with Gasteiger partial charge in [0.25, 0.3) is 0 Å². The van der Waals surface area contributed by atoms with E-state index in [9.17, 15) is 0 Å². The molecule has 0 bridgehead atoms. The molecule has 0 amide bonds. The van der Waals surface area contributed by atoms with E-state index in [0.29, 0.717) is 0 Å². The van der Waals surface area contributed by atoms with Crippen molar-refractivity contribution < 1.29 is 0 Å². The predicted molar refractivity (Wildman–Crippen MR) is 129 cm³/mol. The van der Waals surface area contributed by atoms with Crippen molar-refractivity contribution in [2.75, 3.05) is 14.1 Å². The van der Waals surface area contributed by atoms with Crippen molar-refractivity contribution in [3.05, 3.63) is 95.8 Å². The van der Waals surface area contributed by atoms with Crippen LogP contribution in [0.15, 0.2) is 73.1 Å². The van der Waals surface area contributed by atoms with Gasteiger partial charge in [0.1, 0.15) is 0 Å². The van der Waals surface area contributed by atoms with Gasteiger partial charge in [-0.1, -0.05) is 36.4 Å². The molecule has 6 heteroatoms. The quantitative estimate of drug-likeness (QED) is 0.379. The number of nitrogens with one attached hydrogen (secondary N) is 2. The number of benzene rings is 2. The lowest BCUT2D eigenvalue weighted by molar-refractivity contribution is 0.306. The highest BCUT2D eigenvalue weighted by Gasteiger charge is 2.09. The van der Waals surface area contributed by atoms with E-state index in [1.54, 1.807) is 0 Å². The van der Waals surface area contributed by atoms with Crippen LogP contribution >= 0.6 is 0 Å². The summed E-state index contributed by atoms with van der Waals surface area (Å²) in [6, 6.07) is 21.2. The number of aromatic nitrogens is 4. The van der Waals surface area contributed by atoms with Crippen LogP contribution < -0.4 is 0 Å². The molecular formula is C26H28N6. The molecule has 0 fully saturated rings. The third kappa shape index (κ3) is 4.72. The summed E-state index contributed by atoms with van der Waals surface area (Å²) in [7, 11) is 4.21. The van der Waals surface area contributed by atoms with Gasteiger partial charge in [0.15, 0.2) is 0 Å². The fourth-order valence-electron chi connectivity index (χ4n) is 4.23. The average molecular weight is 425 g/mol. The maximum atomic E-state index is 4.65. The van der Waals surface area contributed by atoms with Crippen LogP contribution in [0, 0.1) is 0 Å². The molecule has 3 aromatic heterocycles. The van der Waals surface area contributed by atoms with Crippen LogP contribution in [0.3, 0.4) is 0 Å². The van der Waals surface area contributed by atoms with Crippen LogP contribution in [-0.2, 0) is 26.2 Å². The van der Waals surface area contributed by atoms with Gasteiger partial charge in [-0.15, -0.1) is 0 Å². The van der Waals surface area contributed by atoms with Crippen LogP contribution in [0.25, 0.3) is 21.8 Å². The highest BCUT2D eigenvalue weighted by molar-refractivity contribution is 5.80. The summed E-state index contributed by atoms with van der Waals surface area (Å²) in [5, 5.41) is 2.49.